The summed E-state index contributed by atoms with van der Waals surface area (Å²) >= 11 is 0. The average Bonchev–Trinajstić information content (AvgIpc) is 2.42. The first-order valence-electron chi connectivity index (χ1n) is 7.19. The van der Waals surface area contributed by atoms with Gasteiger partial charge in [-0.25, -0.2) is 0 Å². The molecule has 0 radical (unpaired) electrons. The fourth-order valence-corrected chi connectivity index (χ4v) is 2.71. The highest BCUT2D eigenvalue weighted by Crippen LogP contribution is 2.21. The molecular formula is C16H22N2O2. The second-order valence-corrected chi connectivity index (χ2v) is 5.56. The predicted molar refractivity (Wildman–Crippen MR) is 79.6 cm³/mol. The Morgan fingerprint density at radius 1 is 1.20 bits per heavy atom. The van der Waals surface area contributed by atoms with Crippen LogP contribution in [0.5, 0.6) is 0 Å². The molecule has 1 fully saturated rings. The standard InChI is InChI=1S/C16H22N2O2/c1-11-7-6-8-12(2)14(11)17-15(19)16(20)18-10-5-4-9-13(18)3/h6-8,13H,4-5,9-10H2,1-3H3,(H,17,19). The van der Waals surface area contributed by atoms with E-state index in [2.05, 4.69) is 5.32 Å². The van der Waals surface area contributed by atoms with Gasteiger partial charge in [-0.1, -0.05) is 18.2 Å². The van der Waals surface area contributed by atoms with Crippen LogP contribution >= 0.6 is 0 Å². The van der Waals surface area contributed by atoms with E-state index in [4.69, 9.17) is 0 Å². The number of carbonyl (C=O) groups is 2. The first-order valence-corrected chi connectivity index (χ1v) is 7.19. The zero-order valence-electron chi connectivity index (χ0n) is 12.4. The molecule has 0 aliphatic carbocycles. The molecule has 2 rings (SSSR count). The largest absolute Gasteiger partial charge is 0.332 e. The van der Waals surface area contributed by atoms with Gasteiger partial charge in [-0.3, -0.25) is 9.59 Å². The molecule has 4 heteroatoms. The quantitative estimate of drug-likeness (QED) is 0.800. The number of hydrogen-bond acceptors (Lipinski definition) is 2. The summed E-state index contributed by atoms with van der Waals surface area (Å²) in [4.78, 5) is 26.1. The highest BCUT2D eigenvalue weighted by molar-refractivity contribution is 6.39. The lowest BCUT2D eigenvalue weighted by atomic mass is 10.0. The van der Waals surface area contributed by atoms with Gasteiger partial charge in [0.05, 0.1) is 0 Å². The van der Waals surface area contributed by atoms with Crippen molar-refractivity contribution in [2.24, 2.45) is 0 Å². The number of amides is 2. The molecule has 1 heterocycles. The van der Waals surface area contributed by atoms with E-state index in [1.54, 1.807) is 4.90 Å². The molecule has 108 valence electrons. The van der Waals surface area contributed by atoms with Crippen molar-refractivity contribution in [2.45, 2.75) is 46.1 Å². The molecule has 2 amide bonds. The van der Waals surface area contributed by atoms with Crippen LogP contribution in [0, 0.1) is 13.8 Å². The van der Waals surface area contributed by atoms with Gasteiger partial charge in [0.25, 0.3) is 0 Å². The van der Waals surface area contributed by atoms with E-state index in [9.17, 15) is 9.59 Å². The number of benzene rings is 1. The average molecular weight is 274 g/mol. The van der Waals surface area contributed by atoms with Crippen molar-refractivity contribution in [2.75, 3.05) is 11.9 Å². The van der Waals surface area contributed by atoms with E-state index in [0.717, 1.165) is 36.1 Å². The van der Waals surface area contributed by atoms with Crippen molar-refractivity contribution in [1.82, 2.24) is 4.90 Å². The molecule has 4 nitrogen and oxygen atoms in total. The Morgan fingerprint density at radius 2 is 1.85 bits per heavy atom. The molecule has 0 saturated carbocycles. The van der Waals surface area contributed by atoms with E-state index >= 15 is 0 Å². The second kappa shape index (κ2) is 6.07. The van der Waals surface area contributed by atoms with Gasteiger partial charge in [-0.05, 0) is 51.2 Å². The van der Waals surface area contributed by atoms with Crippen LogP contribution in [-0.2, 0) is 9.59 Å². The summed E-state index contributed by atoms with van der Waals surface area (Å²) in [5.41, 5.74) is 2.69. The van der Waals surface area contributed by atoms with Gasteiger partial charge in [-0.2, -0.15) is 0 Å². The van der Waals surface area contributed by atoms with E-state index in [1.807, 2.05) is 39.0 Å². The number of para-hydroxylation sites is 1. The molecule has 1 N–H and O–H groups in total. The van der Waals surface area contributed by atoms with Gasteiger partial charge in [-0.15, -0.1) is 0 Å². The smallest absolute Gasteiger partial charge is 0.313 e. The van der Waals surface area contributed by atoms with Crippen molar-refractivity contribution in [3.63, 3.8) is 0 Å². The van der Waals surface area contributed by atoms with Crippen LogP contribution in [0.1, 0.15) is 37.3 Å². The van der Waals surface area contributed by atoms with Gasteiger partial charge >= 0.3 is 11.8 Å². The third kappa shape index (κ3) is 3.00. The summed E-state index contributed by atoms with van der Waals surface area (Å²) < 4.78 is 0. The molecule has 0 bridgehead atoms. The number of carbonyl (C=O) groups excluding carboxylic acids is 2. The van der Waals surface area contributed by atoms with Crippen molar-refractivity contribution in [3.8, 4) is 0 Å². The van der Waals surface area contributed by atoms with Gasteiger partial charge in [0.1, 0.15) is 0 Å². The lowest BCUT2D eigenvalue weighted by Crippen LogP contribution is -2.47. The number of nitrogens with one attached hydrogen (secondary N) is 1. The Labute approximate surface area is 120 Å². The fraction of sp³-hybridized carbons (Fsp3) is 0.500. The van der Waals surface area contributed by atoms with Crippen molar-refractivity contribution in [3.05, 3.63) is 29.3 Å². The molecule has 1 atom stereocenters. The Hall–Kier alpha value is -1.84. The van der Waals surface area contributed by atoms with E-state index in [-0.39, 0.29) is 6.04 Å². The minimum absolute atomic E-state index is 0.153. The number of rotatable bonds is 1. The van der Waals surface area contributed by atoms with Gasteiger partial charge in [0.2, 0.25) is 0 Å². The van der Waals surface area contributed by atoms with E-state index in [0.29, 0.717) is 6.54 Å². The number of anilines is 1. The summed E-state index contributed by atoms with van der Waals surface area (Å²) in [7, 11) is 0. The van der Waals surface area contributed by atoms with Crippen LogP contribution < -0.4 is 5.32 Å². The number of nitrogens with zero attached hydrogens (tertiary/aromatic N) is 1. The van der Waals surface area contributed by atoms with Crippen LogP contribution in [0.4, 0.5) is 5.69 Å². The minimum Gasteiger partial charge on any atom is -0.332 e. The molecule has 1 saturated heterocycles. The van der Waals surface area contributed by atoms with Crippen LogP contribution in [0.15, 0.2) is 18.2 Å². The molecule has 0 aromatic heterocycles. The summed E-state index contributed by atoms with van der Waals surface area (Å²) in [6.45, 7) is 6.54. The minimum atomic E-state index is -0.531. The SMILES string of the molecule is Cc1cccc(C)c1NC(=O)C(=O)N1CCCCC1C. The highest BCUT2D eigenvalue weighted by Gasteiger charge is 2.28. The zero-order valence-corrected chi connectivity index (χ0v) is 12.4. The second-order valence-electron chi connectivity index (χ2n) is 5.56. The number of likely N-dealkylation sites (tertiary alicyclic amines) is 1. The summed E-state index contributed by atoms with van der Waals surface area (Å²) in [5.74, 6) is -0.948. The Bertz CT molecular complexity index is 505. The van der Waals surface area contributed by atoms with Crippen LogP contribution in [-0.4, -0.2) is 29.3 Å². The maximum atomic E-state index is 12.2. The number of hydrogen-bond donors (Lipinski definition) is 1. The molecule has 1 aromatic rings. The first kappa shape index (κ1) is 14.6. The third-order valence-electron chi connectivity index (χ3n) is 3.98. The van der Waals surface area contributed by atoms with E-state index < -0.39 is 11.8 Å². The molecule has 0 spiro atoms. The van der Waals surface area contributed by atoms with Crippen molar-refractivity contribution >= 4 is 17.5 Å². The molecule has 1 aromatic carbocycles. The summed E-state index contributed by atoms with van der Waals surface area (Å²) in [6.07, 6.45) is 3.08. The molecule has 1 unspecified atom stereocenters. The molecule has 20 heavy (non-hydrogen) atoms. The summed E-state index contributed by atoms with van der Waals surface area (Å²) in [5, 5.41) is 2.77. The normalized spacial score (nSPS) is 18.8. The lowest BCUT2D eigenvalue weighted by Gasteiger charge is -2.32. The first-order chi connectivity index (χ1) is 9.50. The van der Waals surface area contributed by atoms with Gasteiger partial charge in [0, 0.05) is 18.3 Å². The van der Waals surface area contributed by atoms with Crippen molar-refractivity contribution < 1.29 is 9.59 Å². The zero-order chi connectivity index (χ0) is 14.7. The lowest BCUT2D eigenvalue weighted by molar-refractivity contribution is -0.145. The van der Waals surface area contributed by atoms with Gasteiger partial charge in [0.15, 0.2) is 0 Å². The molecule has 1 aliphatic rings. The monoisotopic (exact) mass is 274 g/mol. The number of piperidine rings is 1. The topological polar surface area (TPSA) is 49.4 Å². The van der Waals surface area contributed by atoms with Crippen LogP contribution in [0.25, 0.3) is 0 Å². The van der Waals surface area contributed by atoms with Crippen LogP contribution in [0.2, 0.25) is 0 Å². The van der Waals surface area contributed by atoms with Crippen molar-refractivity contribution in [1.29, 1.82) is 0 Å². The maximum Gasteiger partial charge on any atom is 0.313 e. The molecule has 1 aliphatic heterocycles. The highest BCUT2D eigenvalue weighted by atomic mass is 16.2. The third-order valence-corrected chi connectivity index (χ3v) is 3.98. The maximum absolute atomic E-state index is 12.2. The van der Waals surface area contributed by atoms with Gasteiger partial charge < -0.3 is 10.2 Å². The molecular weight excluding hydrogens is 252 g/mol. The summed E-state index contributed by atoms with van der Waals surface area (Å²) in [6, 6.07) is 5.95. The Morgan fingerprint density at radius 3 is 2.45 bits per heavy atom. The van der Waals surface area contributed by atoms with E-state index in [1.165, 1.54) is 0 Å². The Kier molecular flexibility index (Phi) is 4.42. The van der Waals surface area contributed by atoms with Crippen LogP contribution in [0.3, 0.4) is 0 Å². The number of aryl methyl sites for hydroxylation is 2. The predicted octanol–water partition coefficient (Wildman–Crippen LogP) is 2.64. The Balaban J connectivity index is 2.10. The fourth-order valence-electron chi connectivity index (χ4n) is 2.71.